The van der Waals surface area contributed by atoms with Crippen molar-refractivity contribution in [2.24, 2.45) is 5.73 Å². The second kappa shape index (κ2) is 20.7. The molecule has 0 bridgehead atoms. The van der Waals surface area contributed by atoms with Gasteiger partial charge in [-0.05, 0) is 66.8 Å². The molecule has 1 aliphatic rings. The minimum Gasteiger partial charge on any atom is -0.480 e. The van der Waals surface area contributed by atoms with Gasteiger partial charge in [0.05, 0.1) is 0 Å². The van der Waals surface area contributed by atoms with Gasteiger partial charge in [-0.3, -0.25) is 14.6 Å². The van der Waals surface area contributed by atoms with Crippen LogP contribution in [0.5, 0.6) is 0 Å². The molecule has 1 fully saturated rings. The molecule has 1 heterocycles. The van der Waals surface area contributed by atoms with Gasteiger partial charge in [-0.25, -0.2) is 0 Å². The molecule has 0 spiro atoms. The maximum Gasteiger partial charge on any atom is 0.320 e. The van der Waals surface area contributed by atoms with Gasteiger partial charge in [0.25, 0.3) is 0 Å². The predicted octanol–water partition coefficient (Wildman–Crippen LogP) is 8.21. The lowest BCUT2D eigenvalue weighted by Crippen LogP contribution is -2.48. The van der Waals surface area contributed by atoms with Crippen LogP contribution < -0.4 is 16.4 Å². The minimum absolute atomic E-state index is 0.0357. The minimum atomic E-state index is -0.959. The van der Waals surface area contributed by atoms with Crippen LogP contribution in [0.4, 0.5) is 5.69 Å². The Morgan fingerprint density at radius 1 is 0.720 bits per heavy atom. The number of halogens is 1. The van der Waals surface area contributed by atoms with Gasteiger partial charge in [0.1, 0.15) is 12.1 Å². The average molecular weight is 736 g/mol. The van der Waals surface area contributed by atoms with Crippen molar-refractivity contribution in [2.45, 2.75) is 62.4 Å². The fourth-order valence-electron chi connectivity index (χ4n) is 5.97. The standard InChI is InChI=1S/C27H31N3O.C9H11NO2.C6H5Br/c31-26(29-21-27(17-9-3-10-18-27)25-16-8-11-19-28-25)24(20-22-12-4-1-5-13-22)30-23-14-6-2-7-15-23;10-8(9(11)12)6-7-4-2-1-3-5-7;7-6-4-2-1-3-5-6/h1-2,4-8,11-16,19,24,30H,3,9-10,17-18,20-21H2,(H,29,31);1-5,8H,6,10H2,(H,11,12);1-5H/t24-;8-;/m11./s1. The molecule has 0 saturated heterocycles. The highest BCUT2D eigenvalue weighted by atomic mass is 79.9. The molecule has 2 atom stereocenters. The molecule has 260 valence electrons. The molecule has 1 saturated carbocycles. The van der Waals surface area contributed by atoms with Crippen LogP contribution in [0.25, 0.3) is 0 Å². The number of aromatic nitrogens is 1. The number of anilines is 1. The van der Waals surface area contributed by atoms with Gasteiger partial charge >= 0.3 is 5.97 Å². The second-order valence-corrected chi connectivity index (χ2v) is 13.4. The summed E-state index contributed by atoms with van der Waals surface area (Å²) in [6, 6.07) is 44.4. The summed E-state index contributed by atoms with van der Waals surface area (Å²) < 4.78 is 1.13. The van der Waals surface area contributed by atoms with Crippen LogP contribution >= 0.6 is 15.9 Å². The third-order valence-corrected chi connectivity index (χ3v) is 9.21. The van der Waals surface area contributed by atoms with Gasteiger partial charge in [0, 0.05) is 40.4 Å². The molecule has 5 aromatic rings. The van der Waals surface area contributed by atoms with E-state index in [0.717, 1.165) is 39.8 Å². The first-order valence-corrected chi connectivity index (χ1v) is 17.9. The first-order valence-electron chi connectivity index (χ1n) is 17.1. The Morgan fingerprint density at radius 3 is 1.74 bits per heavy atom. The van der Waals surface area contributed by atoms with Crippen LogP contribution in [0.1, 0.15) is 48.9 Å². The number of para-hydroxylation sites is 1. The van der Waals surface area contributed by atoms with Crippen molar-refractivity contribution in [3.63, 3.8) is 0 Å². The molecule has 1 aliphatic carbocycles. The van der Waals surface area contributed by atoms with E-state index in [1.807, 2.05) is 121 Å². The SMILES string of the molecule is Brc1ccccc1.N[C@H](Cc1ccccc1)C(=O)O.O=C(NCC1(c2ccccn2)CCCCC1)[C@@H](Cc1ccccc1)Nc1ccccc1. The number of hydrogen-bond acceptors (Lipinski definition) is 5. The number of carboxylic acid groups (broad SMARTS) is 1. The summed E-state index contributed by atoms with van der Waals surface area (Å²) in [5, 5.41) is 15.2. The van der Waals surface area contributed by atoms with E-state index in [1.54, 1.807) is 0 Å². The molecule has 50 heavy (non-hydrogen) atoms. The van der Waals surface area contributed by atoms with E-state index in [9.17, 15) is 9.59 Å². The van der Waals surface area contributed by atoms with Crippen LogP contribution in [0.3, 0.4) is 0 Å². The zero-order valence-electron chi connectivity index (χ0n) is 28.3. The number of rotatable bonds is 11. The van der Waals surface area contributed by atoms with Gasteiger partial charge in [0.15, 0.2) is 0 Å². The van der Waals surface area contributed by atoms with Crippen LogP contribution in [-0.4, -0.2) is 40.6 Å². The van der Waals surface area contributed by atoms with Gasteiger partial charge in [-0.2, -0.15) is 0 Å². The van der Waals surface area contributed by atoms with Crippen molar-refractivity contribution in [3.05, 3.63) is 167 Å². The highest BCUT2D eigenvalue weighted by Gasteiger charge is 2.36. The monoisotopic (exact) mass is 734 g/mol. The maximum absolute atomic E-state index is 13.4. The number of nitrogens with one attached hydrogen (secondary N) is 2. The van der Waals surface area contributed by atoms with E-state index in [2.05, 4.69) is 55.8 Å². The molecule has 5 N–H and O–H groups in total. The lowest BCUT2D eigenvalue weighted by atomic mass is 9.71. The Kier molecular flexibility index (Phi) is 15.7. The lowest BCUT2D eigenvalue weighted by molar-refractivity contribution is -0.138. The van der Waals surface area contributed by atoms with Crippen molar-refractivity contribution in [1.29, 1.82) is 0 Å². The molecule has 1 aromatic heterocycles. The highest BCUT2D eigenvalue weighted by molar-refractivity contribution is 9.10. The smallest absolute Gasteiger partial charge is 0.320 e. The summed E-state index contributed by atoms with van der Waals surface area (Å²) in [6.07, 6.45) is 8.65. The molecule has 0 radical (unpaired) electrons. The van der Waals surface area contributed by atoms with Crippen molar-refractivity contribution in [2.75, 3.05) is 11.9 Å². The summed E-state index contributed by atoms with van der Waals surface area (Å²) in [4.78, 5) is 28.4. The molecular formula is C42H47BrN4O3. The van der Waals surface area contributed by atoms with Gasteiger partial charge in [0.2, 0.25) is 5.91 Å². The quantitative estimate of drug-likeness (QED) is 0.109. The van der Waals surface area contributed by atoms with Crippen molar-refractivity contribution in [1.82, 2.24) is 10.3 Å². The summed E-state index contributed by atoms with van der Waals surface area (Å²) in [5.74, 6) is -0.924. The average Bonchev–Trinajstić information content (AvgIpc) is 3.16. The third-order valence-electron chi connectivity index (χ3n) is 8.68. The Hall–Kier alpha value is -4.79. The first-order chi connectivity index (χ1) is 24.3. The van der Waals surface area contributed by atoms with Crippen LogP contribution in [0.15, 0.2) is 150 Å². The number of aliphatic carboxylic acids is 1. The van der Waals surface area contributed by atoms with Gasteiger partial charge in [-0.15, -0.1) is 0 Å². The van der Waals surface area contributed by atoms with E-state index in [1.165, 1.54) is 19.3 Å². The summed E-state index contributed by atoms with van der Waals surface area (Å²) in [7, 11) is 0. The van der Waals surface area contributed by atoms with Crippen LogP contribution in [0, 0.1) is 0 Å². The number of hydrogen-bond donors (Lipinski definition) is 4. The molecule has 0 aliphatic heterocycles. The van der Waals surface area contributed by atoms with Crippen molar-refractivity contribution >= 4 is 33.5 Å². The topological polar surface area (TPSA) is 117 Å². The Labute approximate surface area is 304 Å². The number of carbonyl (C=O) groups is 2. The van der Waals surface area contributed by atoms with Crippen LogP contribution in [-0.2, 0) is 27.8 Å². The Bertz CT molecular complexity index is 1630. The molecule has 0 unspecified atom stereocenters. The number of benzene rings is 4. The zero-order chi connectivity index (χ0) is 35.4. The summed E-state index contributed by atoms with van der Waals surface area (Å²) in [6.45, 7) is 0.630. The number of pyridine rings is 1. The van der Waals surface area contributed by atoms with E-state index in [-0.39, 0.29) is 17.4 Å². The third kappa shape index (κ3) is 12.9. The second-order valence-electron chi connectivity index (χ2n) is 12.5. The summed E-state index contributed by atoms with van der Waals surface area (Å²) in [5.41, 5.74) is 9.43. The van der Waals surface area contributed by atoms with Gasteiger partial charge < -0.3 is 21.5 Å². The van der Waals surface area contributed by atoms with E-state index >= 15 is 0 Å². The van der Waals surface area contributed by atoms with Gasteiger partial charge in [-0.1, -0.05) is 138 Å². The maximum atomic E-state index is 13.4. The fraction of sp³-hybridized carbons (Fsp3) is 0.262. The number of carbonyl (C=O) groups excluding carboxylic acids is 1. The molecule has 7 nitrogen and oxygen atoms in total. The highest BCUT2D eigenvalue weighted by Crippen LogP contribution is 2.38. The van der Waals surface area contributed by atoms with E-state index < -0.39 is 12.0 Å². The fourth-order valence-corrected chi connectivity index (χ4v) is 6.28. The summed E-state index contributed by atoms with van der Waals surface area (Å²) >= 11 is 3.31. The number of amides is 1. The normalized spacial score (nSPS) is 14.3. The molecular weight excluding hydrogens is 688 g/mol. The Morgan fingerprint density at radius 2 is 1.24 bits per heavy atom. The molecule has 6 rings (SSSR count). The van der Waals surface area contributed by atoms with Crippen LogP contribution in [0.2, 0.25) is 0 Å². The Balaban J connectivity index is 0.000000240. The molecule has 8 heteroatoms. The van der Waals surface area contributed by atoms with Crippen molar-refractivity contribution in [3.8, 4) is 0 Å². The largest absolute Gasteiger partial charge is 0.480 e. The first kappa shape index (κ1) is 38.0. The van der Waals surface area contributed by atoms with E-state index in [4.69, 9.17) is 10.8 Å². The number of carboxylic acids is 1. The molecule has 1 amide bonds. The predicted molar refractivity (Wildman–Crippen MR) is 206 cm³/mol. The van der Waals surface area contributed by atoms with Crippen molar-refractivity contribution < 1.29 is 14.7 Å². The lowest BCUT2D eigenvalue weighted by Gasteiger charge is -2.37. The van der Waals surface area contributed by atoms with E-state index in [0.29, 0.717) is 19.4 Å². The molecule has 4 aromatic carbocycles. The number of nitrogens with zero attached hydrogens (tertiary/aromatic N) is 1. The number of nitrogens with two attached hydrogens (primary N) is 1. The zero-order valence-corrected chi connectivity index (χ0v) is 29.9.